The summed E-state index contributed by atoms with van der Waals surface area (Å²) in [6, 6.07) is 3.87. The second-order valence-electron chi connectivity index (χ2n) is 5.24. The number of aromatic amines is 1. The highest BCUT2D eigenvalue weighted by molar-refractivity contribution is 14.0. The minimum Gasteiger partial charge on any atom is -0.364 e. The maximum atomic E-state index is 4.88. The van der Waals surface area contributed by atoms with E-state index in [-0.39, 0.29) is 24.0 Å². The van der Waals surface area contributed by atoms with Crippen molar-refractivity contribution in [1.82, 2.24) is 30.5 Å². The average molecular weight is 431 g/mol. The largest absolute Gasteiger partial charge is 0.364 e. The van der Waals surface area contributed by atoms with E-state index in [9.17, 15) is 0 Å². The molecule has 2 N–H and O–H groups in total. The SMILES string of the molecule is CN=C(NCc1ccn[nH]1)N1CCN(Cc2ccon2)CC1.I. The summed E-state index contributed by atoms with van der Waals surface area (Å²) in [5.41, 5.74) is 2.03. The lowest BCUT2D eigenvalue weighted by Gasteiger charge is -2.36. The Morgan fingerprint density at radius 2 is 2.17 bits per heavy atom. The molecule has 0 aromatic carbocycles. The quantitative estimate of drug-likeness (QED) is 0.426. The molecule has 1 saturated heterocycles. The van der Waals surface area contributed by atoms with Gasteiger partial charge in [-0.1, -0.05) is 5.16 Å². The molecule has 0 aliphatic carbocycles. The molecular weight excluding hydrogens is 409 g/mol. The fraction of sp³-hybridized carbons (Fsp3) is 0.500. The molecular formula is C14H22IN7O. The smallest absolute Gasteiger partial charge is 0.194 e. The van der Waals surface area contributed by atoms with Crippen molar-refractivity contribution in [2.45, 2.75) is 13.1 Å². The fourth-order valence-corrected chi connectivity index (χ4v) is 2.56. The van der Waals surface area contributed by atoms with Gasteiger partial charge in [-0.25, -0.2) is 0 Å². The van der Waals surface area contributed by atoms with Gasteiger partial charge >= 0.3 is 0 Å². The molecule has 0 spiro atoms. The first-order valence-electron chi connectivity index (χ1n) is 7.40. The Kier molecular flexibility index (Phi) is 6.84. The molecule has 2 aromatic heterocycles. The second-order valence-corrected chi connectivity index (χ2v) is 5.24. The zero-order chi connectivity index (χ0) is 15.2. The van der Waals surface area contributed by atoms with Crippen LogP contribution in [0.25, 0.3) is 0 Å². The van der Waals surface area contributed by atoms with Crippen LogP contribution in [0.3, 0.4) is 0 Å². The molecule has 9 heteroatoms. The van der Waals surface area contributed by atoms with E-state index in [2.05, 4.69) is 35.5 Å². The Morgan fingerprint density at radius 3 is 2.78 bits per heavy atom. The molecule has 3 rings (SSSR count). The minimum absolute atomic E-state index is 0. The van der Waals surface area contributed by atoms with E-state index in [0.717, 1.165) is 50.1 Å². The van der Waals surface area contributed by atoms with E-state index in [4.69, 9.17) is 4.52 Å². The Bertz CT molecular complexity index is 576. The Labute approximate surface area is 152 Å². The number of rotatable bonds is 4. The van der Waals surface area contributed by atoms with Gasteiger partial charge in [0.05, 0.1) is 17.9 Å². The Balaban J connectivity index is 0.00000192. The van der Waals surface area contributed by atoms with E-state index in [1.807, 2.05) is 19.2 Å². The highest BCUT2D eigenvalue weighted by Gasteiger charge is 2.20. The van der Waals surface area contributed by atoms with Crippen molar-refractivity contribution in [2.24, 2.45) is 4.99 Å². The summed E-state index contributed by atoms with van der Waals surface area (Å²) >= 11 is 0. The summed E-state index contributed by atoms with van der Waals surface area (Å²) in [7, 11) is 1.82. The average Bonchev–Trinajstić information content (AvgIpc) is 3.23. The maximum absolute atomic E-state index is 4.88. The van der Waals surface area contributed by atoms with Gasteiger partial charge in [-0.2, -0.15) is 5.10 Å². The molecule has 23 heavy (non-hydrogen) atoms. The van der Waals surface area contributed by atoms with Crippen LogP contribution in [0.5, 0.6) is 0 Å². The van der Waals surface area contributed by atoms with E-state index in [0.29, 0.717) is 6.54 Å². The molecule has 0 unspecified atom stereocenters. The number of nitrogens with zero attached hydrogens (tertiary/aromatic N) is 5. The number of halogens is 1. The van der Waals surface area contributed by atoms with Crippen LogP contribution in [0.15, 0.2) is 34.1 Å². The molecule has 1 aliphatic heterocycles. The van der Waals surface area contributed by atoms with Crippen molar-refractivity contribution in [3.05, 3.63) is 36.0 Å². The van der Waals surface area contributed by atoms with Crippen LogP contribution in [0.4, 0.5) is 0 Å². The van der Waals surface area contributed by atoms with Crippen molar-refractivity contribution in [2.75, 3.05) is 33.2 Å². The van der Waals surface area contributed by atoms with Crippen LogP contribution in [0.1, 0.15) is 11.4 Å². The third-order valence-electron chi connectivity index (χ3n) is 3.76. The van der Waals surface area contributed by atoms with Gasteiger partial charge in [0, 0.05) is 52.0 Å². The number of H-pyrrole nitrogens is 1. The summed E-state index contributed by atoms with van der Waals surface area (Å²) in [6.45, 7) is 5.40. The molecule has 0 atom stereocenters. The van der Waals surface area contributed by atoms with Gasteiger partial charge in [-0.3, -0.25) is 15.0 Å². The van der Waals surface area contributed by atoms with Crippen LogP contribution in [-0.4, -0.2) is 64.3 Å². The van der Waals surface area contributed by atoms with Gasteiger partial charge in [0.1, 0.15) is 6.26 Å². The number of aliphatic imine (C=N–C) groups is 1. The standard InChI is InChI=1S/C14H21N7O.HI/c1-15-14(16-10-12-2-4-17-18-12)21-7-5-20(6-8-21)11-13-3-9-22-19-13;/h2-4,9H,5-8,10-11H2,1H3,(H,15,16)(H,17,18);1H. The normalized spacial score (nSPS) is 16.2. The first-order valence-corrected chi connectivity index (χ1v) is 7.40. The lowest BCUT2D eigenvalue weighted by atomic mass is 10.3. The first kappa shape index (κ1) is 17.7. The molecule has 2 aromatic rings. The fourth-order valence-electron chi connectivity index (χ4n) is 2.56. The van der Waals surface area contributed by atoms with E-state index in [1.54, 1.807) is 12.5 Å². The predicted octanol–water partition coefficient (Wildman–Crippen LogP) is 0.909. The molecule has 3 heterocycles. The van der Waals surface area contributed by atoms with E-state index < -0.39 is 0 Å². The van der Waals surface area contributed by atoms with E-state index in [1.165, 1.54) is 0 Å². The number of aromatic nitrogens is 3. The van der Waals surface area contributed by atoms with Gasteiger partial charge in [-0.05, 0) is 6.07 Å². The van der Waals surface area contributed by atoms with Gasteiger partial charge in [0.25, 0.3) is 0 Å². The zero-order valence-corrected chi connectivity index (χ0v) is 15.4. The van der Waals surface area contributed by atoms with Crippen LogP contribution in [0.2, 0.25) is 0 Å². The molecule has 8 nitrogen and oxygen atoms in total. The molecule has 0 amide bonds. The summed E-state index contributed by atoms with van der Waals surface area (Å²) in [5.74, 6) is 0.927. The van der Waals surface area contributed by atoms with Crippen LogP contribution >= 0.6 is 24.0 Å². The monoisotopic (exact) mass is 431 g/mol. The summed E-state index contributed by atoms with van der Waals surface area (Å²) in [6.07, 6.45) is 3.37. The van der Waals surface area contributed by atoms with Gasteiger partial charge in [0.2, 0.25) is 0 Å². The number of hydrogen-bond acceptors (Lipinski definition) is 5. The summed E-state index contributed by atoms with van der Waals surface area (Å²) in [4.78, 5) is 9.01. The minimum atomic E-state index is 0. The zero-order valence-electron chi connectivity index (χ0n) is 13.1. The molecule has 126 valence electrons. The van der Waals surface area contributed by atoms with Gasteiger partial charge < -0.3 is 14.7 Å². The van der Waals surface area contributed by atoms with Gasteiger partial charge in [0.15, 0.2) is 5.96 Å². The number of nitrogens with one attached hydrogen (secondary N) is 2. The number of guanidine groups is 1. The third kappa shape index (κ3) is 4.93. The highest BCUT2D eigenvalue weighted by Crippen LogP contribution is 2.07. The molecule has 0 radical (unpaired) electrons. The maximum Gasteiger partial charge on any atom is 0.194 e. The molecule has 0 bridgehead atoms. The van der Waals surface area contributed by atoms with Crippen molar-refractivity contribution in [3.8, 4) is 0 Å². The summed E-state index contributed by atoms with van der Waals surface area (Å²) in [5, 5.41) is 14.2. The molecule has 0 saturated carbocycles. The predicted molar refractivity (Wildman–Crippen MR) is 97.6 cm³/mol. The summed E-state index contributed by atoms with van der Waals surface area (Å²) < 4.78 is 4.88. The van der Waals surface area contributed by atoms with Crippen molar-refractivity contribution >= 4 is 29.9 Å². The lowest BCUT2D eigenvalue weighted by molar-refractivity contribution is 0.169. The van der Waals surface area contributed by atoms with Crippen molar-refractivity contribution in [3.63, 3.8) is 0 Å². The van der Waals surface area contributed by atoms with Gasteiger partial charge in [-0.15, -0.1) is 24.0 Å². The Hall–Kier alpha value is -1.62. The third-order valence-corrected chi connectivity index (χ3v) is 3.76. The number of hydrogen-bond donors (Lipinski definition) is 2. The van der Waals surface area contributed by atoms with Crippen molar-refractivity contribution < 1.29 is 4.52 Å². The molecule has 1 aliphatic rings. The topological polar surface area (TPSA) is 85.6 Å². The highest BCUT2D eigenvalue weighted by atomic mass is 127. The number of piperazine rings is 1. The Morgan fingerprint density at radius 1 is 1.35 bits per heavy atom. The first-order chi connectivity index (χ1) is 10.8. The van der Waals surface area contributed by atoms with Crippen LogP contribution < -0.4 is 5.32 Å². The van der Waals surface area contributed by atoms with Crippen LogP contribution in [0, 0.1) is 0 Å². The van der Waals surface area contributed by atoms with Crippen molar-refractivity contribution in [1.29, 1.82) is 0 Å². The van der Waals surface area contributed by atoms with E-state index >= 15 is 0 Å². The second kappa shape index (κ2) is 8.87. The van der Waals surface area contributed by atoms with Crippen LogP contribution in [-0.2, 0) is 13.1 Å². The lowest BCUT2D eigenvalue weighted by Crippen LogP contribution is -2.52. The molecule has 1 fully saturated rings.